The molecule has 1 saturated heterocycles. The molecule has 0 spiro atoms. The molecule has 0 bridgehead atoms. The van der Waals surface area contributed by atoms with Crippen LogP contribution in [0.1, 0.15) is 59.8 Å². The summed E-state index contributed by atoms with van der Waals surface area (Å²) in [7, 11) is 0. The molecule has 0 radical (unpaired) electrons. The van der Waals surface area contributed by atoms with Gasteiger partial charge < -0.3 is 10.6 Å². The number of hydrogen-bond acceptors (Lipinski definition) is 3. The number of rotatable bonds is 9. The molecule has 3 nitrogen and oxygen atoms in total. The van der Waals surface area contributed by atoms with Gasteiger partial charge in [0, 0.05) is 18.6 Å². The largest absolute Gasteiger partial charge is 0.329 e. The normalized spacial score (nSPS) is 19.9. The summed E-state index contributed by atoms with van der Waals surface area (Å²) in [6, 6.07) is 0. The van der Waals surface area contributed by atoms with Gasteiger partial charge in [0.05, 0.1) is 0 Å². The van der Waals surface area contributed by atoms with Gasteiger partial charge in [-0.3, -0.25) is 4.90 Å². The van der Waals surface area contributed by atoms with E-state index >= 15 is 0 Å². The van der Waals surface area contributed by atoms with Crippen molar-refractivity contribution in [2.75, 3.05) is 39.3 Å². The Morgan fingerprint density at radius 1 is 1.10 bits per heavy atom. The Labute approximate surface area is 126 Å². The van der Waals surface area contributed by atoms with Gasteiger partial charge in [-0.15, -0.1) is 0 Å². The smallest absolute Gasteiger partial charge is 0.0356 e. The molecule has 1 aliphatic heterocycles. The molecule has 0 atom stereocenters. The van der Waals surface area contributed by atoms with Crippen molar-refractivity contribution in [2.45, 2.75) is 65.3 Å². The van der Waals surface area contributed by atoms with Crippen LogP contribution in [0.2, 0.25) is 0 Å². The number of piperidine rings is 1. The molecule has 0 unspecified atom stereocenters. The van der Waals surface area contributed by atoms with Crippen molar-refractivity contribution in [3.8, 4) is 0 Å². The lowest BCUT2D eigenvalue weighted by Crippen LogP contribution is -2.60. The molecule has 0 amide bonds. The van der Waals surface area contributed by atoms with Crippen LogP contribution in [0.3, 0.4) is 0 Å². The molecule has 0 saturated carbocycles. The predicted octanol–water partition coefficient (Wildman–Crippen LogP) is 2.95. The average molecular weight is 284 g/mol. The lowest BCUT2D eigenvalue weighted by molar-refractivity contribution is 0.0188. The van der Waals surface area contributed by atoms with Gasteiger partial charge in [0.25, 0.3) is 0 Å². The summed E-state index contributed by atoms with van der Waals surface area (Å²) in [5.41, 5.74) is 6.50. The first kappa shape index (κ1) is 17.9. The first-order valence-electron chi connectivity index (χ1n) is 8.83. The summed E-state index contributed by atoms with van der Waals surface area (Å²) >= 11 is 0. The van der Waals surface area contributed by atoms with Crippen LogP contribution in [0.5, 0.6) is 0 Å². The van der Waals surface area contributed by atoms with Crippen LogP contribution >= 0.6 is 0 Å². The van der Waals surface area contributed by atoms with Gasteiger partial charge in [-0.2, -0.15) is 0 Å². The van der Waals surface area contributed by atoms with E-state index in [2.05, 4.69) is 37.5 Å². The van der Waals surface area contributed by atoms with Crippen LogP contribution in [0.15, 0.2) is 0 Å². The maximum absolute atomic E-state index is 6.23. The zero-order valence-electron chi connectivity index (χ0n) is 14.3. The van der Waals surface area contributed by atoms with Gasteiger partial charge in [0.2, 0.25) is 0 Å². The molecule has 2 N–H and O–H groups in total. The highest BCUT2D eigenvalue weighted by Crippen LogP contribution is 2.29. The third-order valence-corrected chi connectivity index (χ3v) is 5.39. The van der Waals surface area contributed by atoms with Crippen molar-refractivity contribution >= 4 is 0 Å². The Balaban J connectivity index is 2.66. The van der Waals surface area contributed by atoms with Crippen molar-refractivity contribution in [2.24, 2.45) is 11.7 Å². The second kappa shape index (κ2) is 9.01. The SMILES string of the molecule is CCCN1CCC(CN)(N(CC)CC(CC)CC)CC1. The maximum Gasteiger partial charge on any atom is 0.0356 e. The van der Waals surface area contributed by atoms with Gasteiger partial charge >= 0.3 is 0 Å². The minimum Gasteiger partial charge on any atom is -0.329 e. The highest BCUT2D eigenvalue weighted by molar-refractivity contribution is 4.96. The summed E-state index contributed by atoms with van der Waals surface area (Å²) in [6.07, 6.45) is 6.33. The van der Waals surface area contributed by atoms with Crippen LogP contribution in [0.4, 0.5) is 0 Å². The maximum atomic E-state index is 6.23. The van der Waals surface area contributed by atoms with E-state index in [-0.39, 0.29) is 5.54 Å². The number of likely N-dealkylation sites (N-methyl/N-ethyl adjacent to an activating group) is 1. The first-order valence-corrected chi connectivity index (χ1v) is 8.83. The zero-order chi connectivity index (χ0) is 15.0. The van der Waals surface area contributed by atoms with Crippen molar-refractivity contribution in [1.29, 1.82) is 0 Å². The van der Waals surface area contributed by atoms with E-state index in [0.29, 0.717) is 0 Å². The number of nitrogens with zero attached hydrogens (tertiary/aromatic N) is 2. The van der Waals surface area contributed by atoms with Crippen molar-refractivity contribution < 1.29 is 0 Å². The first-order chi connectivity index (χ1) is 9.65. The van der Waals surface area contributed by atoms with Gasteiger partial charge in [-0.1, -0.05) is 40.5 Å². The average Bonchev–Trinajstić information content (AvgIpc) is 2.50. The summed E-state index contributed by atoms with van der Waals surface area (Å²) in [5, 5.41) is 0. The van der Waals surface area contributed by atoms with Crippen LogP contribution in [0, 0.1) is 5.92 Å². The summed E-state index contributed by atoms with van der Waals surface area (Å²) < 4.78 is 0. The van der Waals surface area contributed by atoms with Crippen molar-refractivity contribution in [1.82, 2.24) is 9.80 Å². The minimum absolute atomic E-state index is 0.265. The standard InChI is InChI=1S/C17H37N3/c1-5-11-19-12-9-17(15-18,10-13-19)20(8-4)14-16(6-2)7-3/h16H,5-15,18H2,1-4H3. The quantitative estimate of drug-likeness (QED) is 0.706. The van der Waals surface area contributed by atoms with E-state index in [1.165, 1.54) is 58.3 Å². The van der Waals surface area contributed by atoms with Gasteiger partial charge in [0.1, 0.15) is 0 Å². The molecular formula is C17H37N3. The fourth-order valence-electron chi connectivity index (χ4n) is 3.68. The number of nitrogens with two attached hydrogens (primary N) is 1. The van der Waals surface area contributed by atoms with Gasteiger partial charge in [-0.25, -0.2) is 0 Å². The Hall–Kier alpha value is -0.120. The third kappa shape index (κ3) is 4.44. The van der Waals surface area contributed by atoms with Crippen LogP contribution in [-0.4, -0.2) is 54.6 Å². The molecule has 20 heavy (non-hydrogen) atoms. The van der Waals surface area contributed by atoms with E-state index in [9.17, 15) is 0 Å². The van der Waals surface area contributed by atoms with E-state index in [1.54, 1.807) is 0 Å². The summed E-state index contributed by atoms with van der Waals surface area (Å²) in [5.74, 6) is 0.826. The van der Waals surface area contributed by atoms with Crippen LogP contribution in [-0.2, 0) is 0 Å². The number of likely N-dealkylation sites (tertiary alicyclic amines) is 1. The molecule has 1 heterocycles. The fourth-order valence-corrected chi connectivity index (χ4v) is 3.68. The third-order valence-electron chi connectivity index (χ3n) is 5.39. The monoisotopic (exact) mass is 283 g/mol. The Bertz CT molecular complexity index is 243. The second-order valence-electron chi connectivity index (χ2n) is 6.49. The molecule has 0 aromatic heterocycles. The van der Waals surface area contributed by atoms with E-state index < -0.39 is 0 Å². The van der Waals surface area contributed by atoms with Crippen LogP contribution < -0.4 is 5.73 Å². The lowest BCUT2D eigenvalue weighted by Gasteiger charge is -2.49. The molecule has 0 aromatic carbocycles. The molecule has 120 valence electrons. The highest BCUT2D eigenvalue weighted by atomic mass is 15.2. The second-order valence-corrected chi connectivity index (χ2v) is 6.49. The van der Waals surface area contributed by atoms with E-state index in [4.69, 9.17) is 5.73 Å². The topological polar surface area (TPSA) is 32.5 Å². The summed E-state index contributed by atoms with van der Waals surface area (Å²) in [4.78, 5) is 5.31. The molecule has 1 aliphatic rings. The fraction of sp³-hybridized carbons (Fsp3) is 1.00. The van der Waals surface area contributed by atoms with E-state index in [1.807, 2.05) is 0 Å². The Morgan fingerprint density at radius 2 is 1.70 bits per heavy atom. The minimum atomic E-state index is 0.265. The molecule has 3 heteroatoms. The van der Waals surface area contributed by atoms with Crippen molar-refractivity contribution in [3.05, 3.63) is 0 Å². The molecule has 1 fully saturated rings. The Morgan fingerprint density at radius 3 is 2.10 bits per heavy atom. The van der Waals surface area contributed by atoms with E-state index in [0.717, 1.165) is 19.0 Å². The molecule has 1 rings (SSSR count). The molecule has 0 aromatic rings. The summed E-state index contributed by atoms with van der Waals surface area (Å²) in [6.45, 7) is 16.1. The van der Waals surface area contributed by atoms with Crippen molar-refractivity contribution in [3.63, 3.8) is 0 Å². The molecule has 0 aliphatic carbocycles. The zero-order valence-corrected chi connectivity index (χ0v) is 14.3. The predicted molar refractivity (Wildman–Crippen MR) is 89.1 cm³/mol. The van der Waals surface area contributed by atoms with Gasteiger partial charge in [0.15, 0.2) is 0 Å². The van der Waals surface area contributed by atoms with Crippen LogP contribution in [0.25, 0.3) is 0 Å². The highest BCUT2D eigenvalue weighted by Gasteiger charge is 2.38. The lowest BCUT2D eigenvalue weighted by atomic mass is 9.84. The molecular weight excluding hydrogens is 246 g/mol. The Kier molecular flexibility index (Phi) is 8.08. The van der Waals surface area contributed by atoms with Gasteiger partial charge in [-0.05, 0) is 51.4 Å². The number of hydrogen-bond donors (Lipinski definition) is 1.